The summed E-state index contributed by atoms with van der Waals surface area (Å²) < 4.78 is 0. The summed E-state index contributed by atoms with van der Waals surface area (Å²) in [6.45, 7) is 0. The van der Waals surface area contributed by atoms with E-state index in [1.54, 1.807) is 0 Å². The number of rotatable bonds is 1. The first-order chi connectivity index (χ1) is 5.11. The minimum atomic E-state index is -1.41. The van der Waals surface area contributed by atoms with E-state index in [0.29, 0.717) is 5.69 Å². The Kier molecular flexibility index (Phi) is 6.61. The van der Waals surface area contributed by atoms with Crippen LogP contribution in [0.3, 0.4) is 0 Å². The van der Waals surface area contributed by atoms with Gasteiger partial charge in [-0.3, -0.25) is 0 Å². The molecule has 0 spiro atoms. The summed E-state index contributed by atoms with van der Waals surface area (Å²) in [5, 5.41) is 19.2. The van der Waals surface area contributed by atoms with Gasteiger partial charge in [0.2, 0.25) is 0 Å². The molecule has 5 nitrogen and oxygen atoms in total. The van der Waals surface area contributed by atoms with Crippen molar-refractivity contribution in [2.75, 3.05) is 5.73 Å². The van der Waals surface area contributed by atoms with Crippen molar-refractivity contribution in [1.82, 2.24) is 0 Å². The molecule has 0 radical (unpaired) electrons. The first-order valence-corrected chi connectivity index (χ1v) is 2.91. The van der Waals surface area contributed by atoms with Gasteiger partial charge in [0.15, 0.2) is 0 Å². The zero-order chi connectivity index (χ0) is 8.43. The fourth-order valence-corrected chi connectivity index (χ4v) is 0.721. The second-order valence-electron chi connectivity index (χ2n) is 2.06. The van der Waals surface area contributed by atoms with Crippen LogP contribution in [-0.4, -0.2) is 16.6 Å². The molecule has 0 fully saturated rings. The zero-order valence-corrected chi connectivity index (χ0v) is 9.07. The van der Waals surface area contributed by atoms with Crippen LogP contribution in [0, 0.1) is 0 Å². The van der Waals surface area contributed by atoms with Crippen molar-refractivity contribution in [3.8, 4) is 5.75 Å². The zero-order valence-electron chi connectivity index (χ0n) is 7.07. The average Bonchev–Trinajstić information content (AvgIpc) is 1.85. The summed E-state index contributed by atoms with van der Waals surface area (Å²) in [4.78, 5) is 10.2. The van der Waals surface area contributed by atoms with Crippen molar-refractivity contribution >= 4 is 11.7 Å². The summed E-state index contributed by atoms with van der Waals surface area (Å²) in [5.74, 6) is -1.78. The number of aromatic carboxylic acids is 1. The number of benzene rings is 1. The normalized spacial score (nSPS) is 8.00. The summed E-state index contributed by atoms with van der Waals surface area (Å²) in [5.41, 5.74) is 5.32. The largest absolute Gasteiger partial charge is 1.00 e. The van der Waals surface area contributed by atoms with Crippen LogP contribution in [0.5, 0.6) is 5.75 Å². The number of carbonyl (C=O) groups excluding carboxylic acids is 1. The number of nitrogen functional groups attached to an aromatic ring is 1. The van der Waals surface area contributed by atoms with Gasteiger partial charge in [-0.15, -0.1) is 0 Å². The number of aromatic hydroxyl groups is 1. The predicted octanol–water partition coefficient (Wildman–Crippen LogP) is -4.48. The number of anilines is 1. The SMILES string of the molecule is Nc1ccc(C(=O)[O-])c(O)c1.O.[Na+]. The molecule has 0 saturated heterocycles. The molecular weight excluding hydrogens is 185 g/mol. The average molecular weight is 193 g/mol. The van der Waals surface area contributed by atoms with Gasteiger partial charge in [-0.05, 0) is 12.1 Å². The van der Waals surface area contributed by atoms with Gasteiger partial charge in [-0.25, -0.2) is 0 Å². The van der Waals surface area contributed by atoms with Crippen LogP contribution in [0.4, 0.5) is 5.69 Å². The maximum absolute atomic E-state index is 10.2. The molecule has 6 heteroatoms. The monoisotopic (exact) mass is 193 g/mol. The van der Waals surface area contributed by atoms with Crippen molar-refractivity contribution < 1.29 is 50.0 Å². The molecule has 0 aliphatic rings. The number of carboxylic acids is 1. The summed E-state index contributed by atoms with van der Waals surface area (Å²) >= 11 is 0. The molecule has 0 saturated carbocycles. The van der Waals surface area contributed by atoms with Gasteiger partial charge in [0, 0.05) is 17.3 Å². The summed E-state index contributed by atoms with van der Waals surface area (Å²) in [7, 11) is 0. The molecule has 1 aromatic rings. The summed E-state index contributed by atoms with van der Waals surface area (Å²) in [6, 6.07) is 3.73. The quantitative estimate of drug-likeness (QED) is 0.345. The molecule has 0 amide bonds. The Labute approximate surface area is 96.8 Å². The Bertz CT molecular complexity index is 303. The fourth-order valence-electron chi connectivity index (χ4n) is 0.721. The first-order valence-electron chi connectivity index (χ1n) is 2.91. The van der Waals surface area contributed by atoms with Crippen LogP contribution in [-0.2, 0) is 0 Å². The third kappa shape index (κ3) is 3.65. The number of nitrogens with two attached hydrogens (primary N) is 1. The van der Waals surface area contributed by atoms with E-state index in [9.17, 15) is 9.90 Å². The molecule has 13 heavy (non-hydrogen) atoms. The number of carboxylic acid groups (broad SMARTS) is 1. The fraction of sp³-hybridized carbons (Fsp3) is 0. The molecular formula is C7H8NNaO4. The van der Waals surface area contributed by atoms with Crippen LogP contribution >= 0.6 is 0 Å². The van der Waals surface area contributed by atoms with E-state index in [-0.39, 0.29) is 46.3 Å². The standard InChI is InChI=1S/C7H7NO3.Na.H2O/c8-4-1-2-5(7(10)11)6(9)3-4;;/h1-3,9H,8H2,(H,10,11);;1H2/q;+1;/p-1. The van der Waals surface area contributed by atoms with Crippen molar-refractivity contribution in [2.24, 2.45) is 0 Å². The second-order valence-corrected chi connectivity index (χ2v) is 2.06. The summed E-state index contributed by atoms with van der Waals surface area (Å²) in [6.07, 6.45) is 0. The van der Waals surface area contributed by atoms with Crippen molar-refractivity contribution in [2.45, 2.75) is 0 Å². The van der Waals surface area contributed by atoms with Gasteiger partial charge in [-0.2, -0.15) is 0 Å². The van der Waals surface area contributed by atoms with Crippen LogP contribution < -0.4 is 40.4 Å². The maximum atomic E-state index is 10.2. The van der Waals surface area contributed by atoms with Crippen molar-refractivity contribution in [3.63, 3.8) is 0 Å². The van der Waals surface area contributed by atoms with Gasteiger partial charge in [-0.1, -0.05) is 0 Å². The molecule has 0 bridgehead atoms. The third-order valence-corrected chi connectivity index (χ3v) is 1.24. The molecule has 66 valence electrons. The molecule has 1 rings (SSSR count). The minimum Gasteiger partial charge on any atom is -0.545 e. The Morgan fingerprint density at radius 1 is 1.46 bits per heavy atom. The Morgan fingerprint density at radius 3 is 2.38 bits per heavy atom. The molecule has 0 heterocycles. The third-order valence-electron chi connectivity index (χ3n) is 1.24. The van der Waals surface area contributed by atoms with Crippen LogP contribution in [0.1, 0.15) is 10.4 Å². The first kappa shape index (κ1) is 14.8. The van der Waals surface area contributed by atoms with E-state index in [1.165, 1.54) is 12.1 Å². The van der Waals surface area contributed by atoms with E-state index in [2.05, 4.69) is 0 Å². The second kappa shape index (κ2) is 5.82. The van der Waals surface area contributed by atoms with Gasteiger partial charge in [0.1, 0.15) is 5.75 Å². The Morgan fingerprint density at radius 2 is 2.00 bits per heavy atom. The number of phenols is 1. The van der Waals surface area contributed by atoms with E-state index in [4.69, 9.17) is 10.8 Å². The Balaban J connectivity index is 0. The molecule has 0 atom stereocenters. The smallest absolute Gasteiger partial charge is 0.545 e. The van der Waals surface area contributed by atoms with Gasteiger partial charge < -0.3 is 26.2 Å². The van der Waals surface area contributed by atoms with E-state index >= 15 is 0 Å². The molecule has 0 unspecified atom stereocenters. The van der Waals surface area contributed by atoms with Gasteiger partial charge in [0.05, 0.1) is 5.97 Å². The van der Waals surface area contributed by atoms with Crippen molar-refractivity contribution in [1.29, 1.82) is 0 Å². The molecule has 0 aliphatic carbocycles. The molecule has 0 aromatic heterocycles. The molecule has 1 aromatic carbocycles. The van der Waals surface area contributed by atoms with E-state index in [1.807, 2.05) is 0 Å². The number of hydrogen-bond donors (Lipinski definition) is 2. The van der Waals surface area contributed by atoms with Gasteiger partial charge in [0.25, 0.3) is 0 Å². The minimum absolute atomic E-state index is 0. The topological polar surface area (TPSA) is 118 Å². The van der Waals surface area contributed by atoms with E-state index in [0.717, 1.165) is 6.07 Å². The molecule has 5 N–H and O–H groups in total. The molecule has 0 aliphatic heterocycles. The predicted molar refractivity (Wildman–Crippen MR) is 40.5 cm³/mol. The van der Waals surface area contributed by atoms with E-state index < -0.39 is 5.97 Å². The number of carbonyl (C=O) groups is 1. The van der Waals surface area contributed by atoms with Crippen LogP contribution in [0.15, 0.2) is 18.2 Å². The maximum Gasteiger partial charge on any atom is 1.00 e. The Hall–Kier alpha value is -0.750. The van der Waals surface area contributed by atoms with Crippen molar-refractivity contribution in [3.05, 3.63) is 23.8 Å². The number of hydrogen-bond acceptors (Lipinski definition) is 4. The van der Waals surface area contributed by atoms with Crippen LogP contribution in [0.25, 0.3) is 0 Å². The van der Waals surface area contributed by atoms with Crippen LogP contribution in [0.2, 0.25) is 0 Å². The van der Waals surface area contributed by atoms with Gasteiger partial charge >= 0.3 is 29.6 Å².